The second kappa shape index (κ2) is 7.96. The van der Waals surface area contributed by atoms with Crippen molar-refractivity contribution in [2.45, 2.75) is 51.1 Å². The molecule has 4 aliphatic rings. The molecule has 8 rings (SSSR count). The van der Waals surface area contributed by atoms with Gasteiger partial charge in [0.25, 0.3) is 0 Å². The Balaban J connectivity index is 1.15. The fourth-order valence-corrected chi connectivity index (χ4v) is 12.1. The van der Waals surface area contributed by atoms with Crippen molar-refractivity contribution in [3.05, 3.63) is 96.6 Å². The number of benzene rings is 4. The van der Waals surface area contributed by atoms with Crippen LogP contribution in [0.25, 0.3) is 22.3 Å². The minimum absolute atomic E-state index is 0.352. The van der Waals surface area contributed by atoms with E-state index < -0.39 is 8.07 Å². The number of nitrogens with one attached hydrogen (secondary N) is 1. The molecule has 0 spiro atoms. The van der Waals surface area contributed by atoms with Crippen LogP contribution in [0.2, 0.25) is 13.1 Å². The van der Waals surface area contributed by atoms with Crippen molar-refractivity contribution < 1.29 is 0 Å². The summed E-state index contributed by atoms with van der Waals surface area (Å²) in [4.78, 5) is 0. The second-order valence-corrected chi connectivity index (χ2v) is 17.8. The highest BCUT2D eigenvalue weighted by atomic mass is 28.3. The van der Waals surface area contributed by atoms with Gasteiger partial charge in [0.1, 0.15) is 8.07 Å². The summed E-state index contributed by atoms with van der Waals surface area (Å²) in [6.45, 7) is 7.55. The highest BCUT2D eigenvalue weighted by Gasteiger charge is 2.59. The monoisotopic (exact) mass is 511 g/mol. The summed E-state index contributed by atoms with van der Waals surface area (Å²) in [6.07, 6.45) is 5.79. The molecule has 3 aliphatic carbocycles. The van der Waals surface area contributed by atoms with Crippen LogP contribution in [-0.2, 0) is 5.41 Å². The first-order valence-electron chi connectivity index (χ1n) is 14.6. The molecule has 1 aliphatic heterocycles. The smallest absolute Gasteiger partial charge is 0.113 e. The molecule has 0 aromatic heterocycles. The van der Waals surface area contributed by atoms with E-state index in [0.717, 1.165) is 23.7 Å². The van der Waals surface area contributed by atoms with Crippen LogP contribution in [-0.4, -0.2) is 8.07 Å². The quantitative estimate of drug-likeness (QED) is 0.272. The second-order valence-electron chi connectivity index (χ2n) is 13.5. The minimum Gasteiger partial charge on any atom is -0.356 e. The van der Waals surface area contributed by atoms with E-state index in [9.17, 15) is 0 Å². The van der Waals surface area contributed by atoms with Gasteiger partial charge in [0.05, 0.1) is 0 Å². The van der Waals surface area contributed by atoms with Crippen LogP contribution in [0.3, 0.4) is 0 Å². The highest BCUT2D eigenvalue weighted by Crippen LogP contribution is 2.67. The Kier molecular flexibility index (Phi) is 4.78. The topological polar surface area (TPSA) is 12.0 Å². The molecule has 3 saturated carbocycles. The first kappa shape index (κ1) is 22.8. The zero-order valence-corrected chi connectivity index (χ0v) is 23.8. The van der Waals surface area contributed by atoms with Crippen LogP contribution in [0.5, 0.6) is 0 Å². The lowest BCUT2D eigenvalue weighted by molar-refractivity contribution is -0.141. The van der Waals surface area contributed by atoms with Crippen molar-refractivity contribution >= 4 is 29.8 Å². The van der Waals surface area contributed by atoms with Gasteiger partial charge in [-0.3, -0.25) is 0 Å². The summed E-state index contributed by atoms with van der Waals surface area (Å²) >= 11 is 0. The highest BCUT2D eigenvalue weighted by molar-refractivity contribution is 7.04. The van der Waals surface area contributed by atoms with Gasteiger partial charge >= 0.3 is 0 Å². The van der Waals surface area contributed by atoms with Crippen molar-refractivity contribution in [1.29, 1.82) is 0 Å². The van der Waals surface area contributed by atoms with Gasteiger partial charge in [-0.05, 0) is 117 Å². The summed E-state index contributed by atoms with van der Waals surface area (Å²) in [5.74, 6) is 4.17. The lowest BCUT2D eigenvalue weighted by atomic mass is 9.39. The zero-order valence-electron chi connectivity index (χ0n) is 22.8. The molecule has 1 nitrogen and oxygen atoms in total. The Morgan fingerprint density at radius 3 is 2.08 bits per heavy atom. The first-order chi connectivity index (χ1) is 18.4. The molecule has 1 heterocycles. The van der Waals surface area contributed by atoms with Crippen LogP contribution in [0.1, 0.15) is 38.2 Å². The Morgan fingerprint density at radius 2 is 1.37 bits per heavy atom. The average molecular weight is 512 g/mol. The summed E-state index contributed by atoms with van der Waals surface area (Å²) in [6, 6.07) is 34.3. The van der Waals surface area contributed by atoms with Crippen LogP contribution >= 0.6 is 0 Å². The maximum absolute atomic E-state index is 3.82. The predicted molar refractivity (Wildman–Crippen MR) is 164 cm³/mol. The Bertz CT molecular complexity index is 1530. The molecular weight excluding hydrogens is 474 g/mol. The molecular formula is C36H37NSi. The Labute approximate surface area is 228 Å². The molecule has 0 radical (unpaired) electrons. The van der Waals surface area contributed by atoms with E-state index in [1.165, 1.54) is 59.3 Å². The van der Waals surface area contributed by atoms with Crippen molar-refractivity contribution in [2.75, 3.05) is 5.32 Å². The number of fused-ring (bicyclic) bond motifs is 3. The fraction of sp³-hybridized carbons (Fsp3) is 0.333. The van der Waals surface area contributed by atoms with Gasteiger partial charge < -0.3 is 5.32 Å². The third-order valence-electron chi connectivity index (χ3n) is 10.9. The molecule has 2 heteroatoms. The maximum Gasteiger partial charge on any atom is 0.113 e. The third-order valence-corrected chi connectivity index (χ3v) is 14.4. The molecule has 4 aromatic carbocycles. The van der Waals surface area contributed by atoms with E-state index in [1.807, 2.05) is 0 Å². The predicted octanol–water partition coefficient (Wildman–Crippen LogP) is 8.22. The molecule has 2 unspecified atom stereocenters. The number of hydrogen-bond donors (Lipinski definition) is 1. The van der Waals surface area contributed by atoms with E-state index in [-0.39, 0.29) is 0 Å². The maximum atomic E-state index is 3.82. The third kappa shape index (κ3) is 3.22. The van der Waals surface area contributed by atoms with Gasteiger partial charge in [-0.1, -0.05) is 86.7 Å². The minimum atomic E-state index is -1.79. The van der Waals surface area contributed by atoms with E-state index in [0.29, 0.717) is 5.41 Å². The largest absolute Gasteiger partial charge is 0.356 e. The van der Waals surface area contributed by atoms with E-state index >= 15 is 0 Å². The Morgan fingerprint density at radius 1 is 0.684 bits per heavy atom. The summed E-state index contributed by atoms with van der Waals surface area (Å²) < 4.78 is 0. The van der Waals surface area contributed by atoms with Crippen molar-refractivity contribution in [3.63, 3.8) is 0 Å². The van der Waals surface area contributed by atoms with E-state index in [1.54, 1.807) is 15.9 Å². The first-order valence-corrected chi connectivity index (χ1v) is 17.6. The van der Waals surface area contributed by atoms with Crippen molar-refractivity contribution in [3.8, 4) is 22.3 Å². The number of hydrogen-bond acceptors (Lipinski definition) is 1. The summed E-state index contributed by atoms with van der Waals surface area (Å²) in [5, 5.41) is 6.92. The van der Waals surface area contributed by atoms with Crippen LogP contribution in [0.4, 0.5) is 11.4 Å². The summed E-state index contributed by atoms with van der Waals surface area (Å²) in [5.41, 5.74) is 9.80. The Hall–Kier alpha value is -3.10. The normalized spacial score (nSPS) is 29.3. The van der Waals surface area contributed by atoms with Gasteiger partial charge in [0.2, 0.25) is 0 Å². The molecule has 2 atom stereocenters. The van der Waals surface area contributed by atoms with Gasteiger partial charge in [0, 0.05) is 11.4 Å². The standard InChI is InChI=1S/C36H37NSi/c1-36(21-25-17-24-18-26(22-36)34(24)25)27-13-15-28(16-14-27)37-29-19-31(23-9-5-4-6-10-23)35-30-11-7-8-12-32(30)38(2,3)33(35)20-29/h4-16,19-20,24-26,34,37H,17-18,21-22H2,1-3H3. The lowest BCUT2D eigenvalue weighted by Gasteiger charge is -2.65. The number of rotatable bonds is 4. The van der Waals surface area contributed by atoms with Crippen molar-refractivity contribution in [1.82, 2.24) is 0 Å². The van der Waals surface area contributed by atoms with Gasteiger partial charge in [0.15, 0.2) is 0 Å². The molecule has 4 aromatic rings. The number of anilines is 2. The van der Waals surface area contributed by atoms with Crippen LogP contribution in [0, 0.1) is 23.7 Å². The van der Waals surface area contributed by atoms with Crippen LogP contribution < -0.4 is 15.7 Å². The zero-order chi connectivity index (χ0) is 25.6. The van der Waals surface area contributed by atoms with Gasteiger partial charge in [-0.15, -0.1) is 0 Å². The SMILES string of the molecule is CC1(c2ccc(Nc3cc(-c4ccccc4)c4c(c3)[Si](C)(C)c3ccccc3-4)cc2)CC2CC3CC(C1)C32. The average Bonchev–Trinajstić information content (AvgIpc) is 3.13. The van der Waals surface area contributed by atoms with E-state index in [4.69, 9.17) is 0 Å². The van der Waals surface area contributed by atoms with E-state index in [2.05, 4.69) is 116 Å². The molecule has 1 N–H and O–H groups in total. The van der Waals surface area contributed by atoms with Gasteiger partial charge in [-0.25, -0.2) is 0 Å². The molecule has 190 valence electrons. The molecule has 3 fully saturated rings. The van der Waals surface area contributed by atoms with Crippen LogP contribution in [0.15, 0.2) is 91.0 Å². The van der Waals surface area contributed by atoms with Crippen molar-refractivity contribution in [2.24, 2.45) is 23.7 Å². The lowest BCUT2D eigenvalue weighted by Crippen LogP contribution is -2.58. The summed E-state index contributed by atoms with van der Waals surface area (Å²) in [7, 11) is -1.79. The fourth-order valence-electron chi connectivity index (χ4n) is 9.04. The molecule has 38 heavy (non-hydrogen) atoms. The molecule has 0 saturated heterocycles. The molecule has 0 bridgehead atoms. The molecule has 0 amide bonds. The van der Waals surface area contributed by atoms with Gasteiger partial charge in [-0.2, -0.15) is 0 Å².